The standard InChI is InChI=1S/C27H35N3O4/c31-25(30-34)18-23(16-20-10-4-1-5-11-20)26(32)29-24(17-21-12-6-2-7-13-21)27(33)28-19-22-14-8-3-9-15-22/h2-3,6-9,12-15,20,23-24,34H,1,4-5,10-11,16-19H2,(H,28,33)(H,29,32)(H,30,31)/t23-,24+/m1/s1. The van der Waals surface area contributed by atoms with Crippen molar-refractivity contribution in [2.24, 2.45) is 11.8 Å². The molecule has 1 aliphatic carbocycles. The van der Waals surface area contributed by atoms with Gasteiger partial charge in [0.2, 0.25) is 17.7 Å². The quantitative estimate of drug-likeness (QED) is 0.301. The highest BCUT2D eigenvalue weighted by Crippen LogP contribution is 2.30. The Morgan fingerprint density at radius 3 is 2.09 bits per heavy atom. The summed E-state index contributed by atoms with van der Waals surface area (Å²) in [5.74, 6) is -1.43. The smallest absolute Gasteiger partial charge is 0.244 e. The van der Waals surface area contributed by atoms with E-state index in [4.69, 9.17) is 5.21 Å². The van der Waals surface area contributed by atoms with E-state index in [0.717, 1.165) is 36.8 Å². The molecule has 2 atom stereocenters. The second-order valence-electron chi connectivity index (χ2n) is 9.13. The first-order valence-corrected chi connectivity index (χ1v) is 12.1. The molecular weight excluding hydrogens is 430 g/mol. The molecule has 1 fully saturated rings. The molecule has 34 heavy (non-hydrogen) atoms. The van der Waals surface area contributed by atoms with Gasteiger partial charge < -0.3 is 10.6 Å². The molecule has 0 spiro atoms. The van der Waals surface area contributed by atoms with E-state index in [2.05, 4.69) is 10.6 Å². The van der Waals surface area contributed by atoms with Crippen LogP contribution < -0.4 is 16.1 Å². The third-order valence-corrected chi connectivity index (χ3v) is 6.50. The summed E-state index contributed by atoms with van der Waals surface area (Å²) >= 11 is 0. The highest BCUT2D eigenvalue weighted by atomic mass is 16.5. The minimum Gasteiger partial charge on any atom is -0.350 e. The third kappa shape index (κ3) is 8.30. The first-order valence-electron chi connectivity index (χ1n) is 12.1. The molecule has 0 radical (unpaired) electrons. The molecule has 0 aromatic heterocycles. The van der Waals surface area contributed by atoms with Crippen LogP contribution in [0.1, 0.15) is 56.1 Å². The van der Waals surface area contributed by atoms with Crippen LogP contribution in [0, 0.1) is 11.8 Å². The Morgan fingerprint density at radius 2 is 1.47 bits per heavy atom. The van der Waals surface area contributed by atoms with Gasteiger partial charge in [-0.25, -0.2) is 5.48 Å². The van der Waals surface area contributed by atoms with Crippen LogP contribution in [0.15, 0.2) is 60.7 Å². The Hall–Kier alpha value is -3.19. The molecular formula is C27H35N3O4. The lowest BCUT2D eigenvalue weighted by molar-refractivity contribution is -0.136. The van der Waals surface area contributed by atoms with Crippen LogP contribution in [0.5, 0.6) is 0 Å². The summed E-state index contributed by atoms with van der Waals surface area (Å²) < 4.78 is 0. The first kappa shape index (κ1) is 25.4. The van der Waals surface area contributed by atoms with Gasteiger partial charge in [-0.05, 0) is 23.5 Å². The van der Waals surface area contributed by atoms with Crippen LogP contribution in [0.4, 0.5) is 0 Å². The van der Waals surface area contributed by atoms with Gasteiger partial charge >= 0.3 is 0 Å². The number of benzene rings is 2. The molecule has 0 aliphatic heterocycles. The van der Waals surface area contributed by atoms with Gasteiger partial charge in [0.15, 0.2) is 0 Å². The van der Waals surface area contributed by atoms with Crippen LogP contribution in [0.3, 0.4) is 0 Å². The normalized spacial score (nSPS) is 15.7. The molecule has 4 N–H and O–H groups in total. The zero-order chi connectivity index (χ0) is 24.2. The van der Waals surface area contributed by atoms with E-state index in [1.807, 2.05) is 60.7 Å². The maximum absolute atomic E-state index is 13.3. The Kier molecular flexibility index (Phi) is 10.1. The molecule has 7 nitrogen and oxygen atoms in total. The Bertz CT molecular complexity index is 914. The van der Waals surface area contributed by atoms with Crippen molar-refractivity contribution in [2.45, 2.75) is 64.0 Å². The van der Waals surface area contributed by atoms with E-state index in [0.29, 0.717) is 25.3 Å². The predicted molar refractivity (Wildman–Crippen MR) is 130 cm³/mol. The van der Waals surface area contributed by atoms with Crippen molar-refractivity contribution in [3.8, 4) is 0 Å². The van der Waals surface area contributed by atoms with E-state index in [1.165, 1.54) is 6.42 Å². The molecule has 3 amide bonds. The average Bonchev–Trinajstić information content (AvgIpc) is 2.88. The van der Waals surface area contributed by atoms with Crippen molar-refractivity contribution in [3.05, 3.63) is 71.8 Å². The fourth-order valence-corrected chi connectivity index (χ4v) is 4.63. The topological polar surface area (TPSA) is 108 Å². The van der Waals surface area contributed by atoms with E-state index >= 15 is 0 Å². The molecule has 182 valence electrons. The summed E-state index contributed by atoms with van der Waals surface area (Å²) in [5.41, 5.74) is 3.54. The van der Waals surface area contributed by atoms with E-state index in [9.17, 15) is 14.4 Å². The number of hydrogen-bond acceptors (Lipinski definition) is 4. The van der Waals surface area contributed by atoms with Gasteiger partial charge in [-0.2, -0.15) is 0 Å². The summed E-state index contributed by atoms with van der Waals surface area (Å²) in [6.45, 7) is 0.360. The van der Waals surface area contributed by atoms with Crippen LogP contribution >= 0.6 is 0 Å². The van der Waals surface area contributed by atoms with Crippen molar-refractivity contribution < 1.29 is 19.6 Å². The average molecular weight is 466 g/mol. The summed E-state index contributed by atoms with van der Waals surface area (Å²) in [7, 11) is 0. The van der Waals surface area contributed by atoms with Crippen molar-refractivity contribution >= 4 is 17.7 Å². The summed E-state index contributed by atoms with van der Waals surface area (Å²) in [6, 6.07) is 18.4. The van der Waals surface area contributed by atoms with Crippen molar-refractivity contribution in [2.75, 3.05) is 0 Å². The number of carbonyl (C=O) groups excluding carboxylic acids is 3. The fraction of sp³-hybridized carbons (Fsp3) is 0.444. The molecule has 1 saturated carbocycles. The molecule has 2 aromatic carbocycles. The SMILES string of the molecule is O=C(C[C@@H](CC1CCCCC1)C(=O)N[C@@H](Cc1ccccc1)C(=O)NCc1ccccc1)NO. The van der Waals surface area contributed by atoms with E-state index < -0.39 is 17.9 Å². The highest BCUT2D eigenvalue weighted by Gasteiger charge is 2.30. The molecule has 0 unspecified atom stereocenters. The minimum atomic E-state index is -0.773. The lowest BCUT2D eigenvalue weighted by atomic mass is 9.81. The van der Waals surface area contributed by atoms with E-state index in [1.54, 1.807) is 5.48 Å². The first-order chi connectivity index (χ1) is 16.5. The number of hydrogen-bond donors (Lipinski definition) is 4. The maximum atomic E-state index is 13.3. The van der Waals surface area contributed by atoms with Crippen LogP contribution in [-0.2, 0) is 27.3 Å². The number of hydroxylamine groups is 1. The predicted octanol–water partition coefficient (Wildman–Crippen LogP) is 3.51. The molecule has 0 heterocycles. The fourth-order valence-electron chi connectivity index (χ4n) is 4.63. The number of nitrogens with one attached hydrogen (secondary N) is 3. The van der Waals surface area contributed by atoms with Crippen LogP contribution in [-0.4, -0.2) is 29.0 Å². The van der Waals surface area contributed by atoms with Gasteiger partial charge in [0, 0.05) is 25.3 Å². The summed E-state index contributed by atoms with van der Waals surface area (Å²) in [5, 5.41) is 14.9. The second kappa shape index (κ2) is 13.5. The zero-order valence-corrected chi connectivity index (χ0v) is 19.5. The van der Waals surface area contributed by atoms with Gasteiger partial charge in [0.1, 0.15) is 6.04 Å². The number of amides is 3. The molecule has 3 rings (SSSR count). The molecule has 0 saturated heterocycles. The Balaban J connectivity index is 1.70. The zero-order valence-electron chi connectivity index (χ0n) is 19.5. The summed E-state index contributed by atoms with van der Waals surface area (Å²) in [6.07, 6.45) is 6.34. The second-order valence-corrected chi connectivity index (χ2v) is 9.13. The van der Waals surface area contributed by atoms with Gasteiger partial charge in [-0.3, -0.25) is 19.6 Å². The lowest BCUT2D eigenvalue weighted by Crippen LogP contribution is -2.50. The third-order valence-electron chi connectivity index (χ3n) is 6.50. The van der Waals surface area contributed by atoms with Gasteiger partial charge in [0.25, 0.3) is 0 Å². The molecule has 0 bridgehead atoms. The van der Waals surface area contributed by atoms with E-state index in [-0.39, 0.29) is 18.2 Å². The van der Waals surface area contributed by atoms with Crippen molar-refractivity contribution in [3.63, 3.8) is 0 Å². The van der Waals surface area contributed by atoms with Gasteiger partial charge in [0.05, 0.1) is 0 Å². The Morgan fingerprint density at radius 1 is 0.853 bits per heavy atom. The molecule has 1 aliphatic rings. The maximum Gasteiger partial charge on any atom is 0.244 e. The van der Waals surface area contributed by atoms with Gasteiger partial charge in [-0.15, -0.1) is 0 Å². The highest BCUT2D eigenvalue weighted by molar-refractivity contribution is 5.90. The monoisotopic (exact) mass is 465 g/mol. The molecule has 7 heteroatoms. The number of carbonyl (C=O) groups is 3. The van der Waals surface area contributed by atoms with Crippen molar-refractivity contribution in [1.82, 2.24) is 16.1 Å². The van der Waals surface area contributed by atoms with Crippen LogP contribution in [0.25, 0.3) is 0 Å². The Labute approximate surface area is 201 Å². The number of rotatable bonds is 11. The van der Waals surface area contributed by atoms with Crippen LogP contribution in [0.2, 0.25) is 0 Å². The summed E-state index contributed by atoms with van der Waals surface area (Å²) in [4.78, 5) is 38.3. The lowest BCUT2D eigenvalue weighted by Gasteiger charge is -2.27. The largest absolute Gasteiger partial charge is 0.350 e. The van der Waals surface area contributed by atoms with Crippen molar-refractivity contribution in [1.29, 1.82) is 0 Å². The molecule has 2 aromatic rings. The van der Waals surface area contributed by atoms with Gasteiger partial charge in [-0.1, -0.05) is 92.8 Å². The minimum absolute atomic E-state index is 0.109.